The molecule has 57 heavy (non-hydrogen) atoms. The number of nitrogens with one attached hydrogen (secondary N) is 2. The van der Waals surface area contributed by atoms with E-state index in [1.54, 1.807) is 13.8 Å². The molecule has 0 fully saturated rings. The van der Waals surface area contributed by atoms with Gasteiger partial charge in [-0.1, -0.05) is 13.3 Å². The van der Waals surface area contributed by atoms with Gasteiger partial charge in [0.25, 0.3) is 11.8 Å². The maximum Gasteiger partial charge on any atom is 0.262 e. The second-order valence-corrected chi connectivity index (χ2v) is 14.2. The Morgan fingerprint density at radius 2 is 1.05 bits per heavy atom. The number of fused-ring (bicyclic) bond motifs is 2. The highest BCUT2D eigenvalue weighted by Crippen LogP contribution is 2.46. The molecule has 14 heteroatoms. The van der Waals surface area contributed by atoms with Crippen molar-refractivity contribution in [2.24, 2.45) is 0 Å². The van der Waals surface area contributed by atoms with Crippen LogP contribution in [0, 0.1) is 37.1 Å². The van der Waals surface area contributed by atoms with E-state index in [0.29, 0.717) is 12.8 Å². The quantitative estimate of drug-likeness (QED) is 0.0779. The van der Waals surface area contributed by atoms with Crippen molar-refractivity contribution in [3.63, 3.8) is 0 Å². The number of phenolic OH excluding ortho intramolecular Hbond substituents is 2. The summed E-state index contributed by atoms with van der Waals surface area (Å²) < 4.78 is 60.5. The molecule has 2 aromatic heterocycles. The van der Waals surface area contributed by atoms with E-state index in [9.17, 15) is 38.2 Å². The predicted octanol–water partition coefficient (Wildman–Crippen LogP) is 7.87. The van der Waals surface area contributed by atoms with Crippen LogP contribution in [0.3, 0.4) is 0 Å². The van der Waals surface area contributed by atoms with E-state index in [0.717, 1.165) is 57.7 Å². The molecular weight excluding hydrogens is 744 g/mol. The third-order valence-corrected chi connectivity index (χ3v) is 10.0. The lowest BCUT2D eigenvalue weighted by atomic mass is 9.77. The molecular formula is C43H40F4N4O6. The summed E-state index contributed by atoms with van der Waals surface area (Å²) in [5, 5.41) is 27.2. The van der Waals surface area contributed by atoms with E-state index in [-0.39, 0.29) is 62.0 Å². The maximum atomic E-state index is 15.2. The van der Waals surface area contributed by atoms with E-state index < -0.39 is 76.3 Å². The average molecular weight is 785 g/mol. The smallest absolute Gasteiger partial charge is 0.262 e. The Bertz CT molecular complexity index is 2560. The number of benzene rings is 4. The van der Waals surface area contributed by atoms with Crippen molar-refractivity contribution in [3.8, 4) is 11.5 Å². The summed E-state index contributed by atoms with van der Waals surface area (Å²) in [7, 11) is 0. The minimum atomic E-state index is -1.60. The molecule has 0 saturated heterocycles. The third-order valence-electron chi connectivity index (χ3n) is 10.0. The molecule has 0 aliphatic rings. The van der Waals surface area contributed by atoms with Gasteiger partial charge in [-0.15, -0.1) is 0 Å². The minimum Gasteiger partial charge on any atom is -0.505 e. The summed E-state index contributed by atoms with van der Waals surface area (Å²) >= 11 is 0. The highest BCUT2D eigenvalue weighted by molar-refractivity contribution is 6.09. The van der Waals surface area contributed by atoms with E-state index in [4.69, 9.17) is 0 Å². The molecule has 6 rings (SSSR count). The molecule has 0 bridgehead atoms. The number of aromatic hydroxyl groups is 2. The lowest BCUT2D eigenvalue weighted by Gasteiger charge is -2.28. The summed E-state index contributed by atoms with van der Waals surface area (Å²) in [6.07, 6.45) is 1.22. The first-order valence-electron chi connectivity index (χ1n) is 18.3. The van der Waals surface area contributed by atoms with E-state index in [2.05, 4.69) is 10.6 Å². The van der Waals surface area contributed by atoms with Crippen molar-refractivity contribution in [3.05, 3.63) is 130 Å². The largest absolute Gasteiger partial charge is 0.505 e. The molecule has 2 atom stereocenters. The van der Waals surface area contributed by atoms with Crippen molar-refractivity contribution in [2.45, 2.75) is 65.3 Å². The van der Waals surface area contributed by atoms with Crippen LogP contribution in [-0.2, 0) is 9.59 Å². The Labute approximate surface area is 324 Å². The van der Waals surface area contributed by atoms with Gasteiger partial charge in [0.15, 0.2) is 23.1 Å². The van der Waals surface area contributed by atoms with Crippen LogP contribution in [0.1, 0.15) is 88.7 Å². The summed E-state index contributed by atoms with van der Waals surface area (Å²) in [6, 6.07) is 12.6. The van der Waals surface area contributed by atoms with Crippen molar-refractivity contribution < 1.29 is 47.0 Å². The molecule has 296 valence electrons. The highest BCUT2D eigenvalue weighted by atomic mass is 19.1. The SMILES string of the molecule is CCCCNC(=O)C(c1c(C)n(C(=O)c2ccc(F)cc2)c2cc(F)c(O)cc12)C(C(=O)NC(C)C)c1c(C)n(C(=O)c2ccc(F)cc2)c2cc(F)c(O)cc12. The number of phenols is 2. The number of nitrogens with zero attached hydrogens (tertiary/aromatic N) is 2. The standard InChI is InChI=1S/C43H40F4N4O6/c1-6-7-16-48-40(54)38(36-22(4)50(32-19-30(46)34(52)17-28(32)36)42(56)24-8-12-26(44)13-9-24)39(41(55)49-21(2)3)37-23(5)51(33-20-31(47)35(53)18-29(33)37)43(57)25-10-14-27(45)15-11-25/h8-15,17-21,38-39,52-53H,6-7,16H2,1-5H3,(H,48,54)(H,49,55). The topological polar surface area (TPSA) is 143 Å². The first kappa shape index (κ1) is 40.2. The van der Waals surface area contributed by atoms with Gasteiger partial charge in [0.1, 0.15) is 11.6 Å². The number of halogens is 4. The predicted molar refractivity (Wildman–Crippen MR) is 206 cm³/mol. The van der Waals surface area contributed by atoms with Crippen molar-refractivity contribution >= 4 is 45.4 Å². The minimum absolute atomic E-state index is 0.00389. The first-order valence-corrected chi connectivity index (χ1v) is 18.3. The molecule has 10 nitrogen and oxygen atoms in total. The third kappa shape index (κ3) is 7.46. The van der Waals surface area contributed by atoms with Crippen molar-refractivity contribution in [2.75, 3.05) is 6.54 Å². The zero-order chi connectivity index (χ0) is 41.5. The number of carbonyl (C=O) groups is 4. The molecule has 2 unspecified atom stereocenters. The number of hydrogen-bond donors (Lipinski definition) is 4. The van der Waals surface area contributed by atoms with E-state index in [1.807, 2.05) is 6.92 Å². The Morgan fingerprint density at radius 3 is 1.44 bits per heavy atom. The van der Waals surface area contributed by atoms with Crippen LogP contribution in [0.5, 0.6) is 11.5 Å². The molecule has 0 aliphatic carbocycles. The number of aromatic nitrogens is 2. The molecule has 2 amide bonds. The second-order valence-electron chi connectivity index (χ2n) is 14.2. The van der Waals surface area contributed by atoms with Gasteiger partial charge in [-0.25, -0.2) is 17.6 Å². The molecule has 0 aliphatic heterocycles. The van der Waals surface area contributed by atoms with Crippen molar-refractivity contribution in [1.29, 1.82) is 0 Å². The van der Waals surface area contributed by atoms with Crippen LogP contribution in [0.4, 0.5) is 17.6 Å². The number of rotatable bonds is 11. The van der Waals surface area contributed by atoms with Crippen LogP contribution in [-0.4, -0.2) is 55.6 Å². The average Bonchev–Trinajstić information content (AvgIpc) is 3.58. The van der Waals surface area contributed by atoms with Gasteiger partial charge in [-0.05, 0) is 106 Å². The van der Waals surface area contributed by atoms with E-state index in [1.165, 1.54) is 38.1 Å². The van der Waals surface area contributed by atoms with Gasteiger partial charge in [0, 0.05) is 58.0 Å². The van der Waals surface area contributed by atoms with Crippen LogP contribution < -0.4 is 10.6 Å². The number of amides is 2. The van der Waals surface area contributed by atoms with Crippen LogP contribution in [0.2, 0.25) is 0 Å². The fraction of sp³-hybridized carbons (Fsp3) is 0.256. The van der Waals surface area contributed by atoms with Crippen LogP contribution in [0.25, 0.3) is 21.8 Å². The van der Waals surface area contributed by atoms with Crippen LogP contribution in [0.15, 0.2) is 72.8 Å². The molecule has 6 aromatic rings. The van der Waals surface area contributed by atoms with Gasteiger partial charge in [-0.2, -0.15) is 0 Å². The Balaban J connectivity index is 1.73. The zero-order valence-corrected chi connectivity index (χ0v) is 31.7. The molecule has 0 saturated carbocycles. The van der Waals surface area contributed by atoms with Crippen molar-refractivity contribution in [1.82, 2.24) is 19.8 Å². The molecule has 2 heterocycles. The fourth-order valence-electron chi connectivity index (χ4n) is 7.42. The van der Waals surface area contributed by atoms with Gasteiger partial charge in [0.2, 0.25) is 11.8 Å². The maximum absolute atomic E-state index is 15.2. The van der Waals surface area contributed by atoms with Gasteiger partial charge >= 0.3 is 0 Å². The summed E-state index contributed by atoms with van der Waals surface area (Å²) in [6.45, 7) is 8.38. The van der Waals surface area contributed by atoms with Gasteiger partial charge in [-0.3, -0.25) is 28.3 Å². The number of unbranched alkanes of at least 4 members (excludes halogenated alkanes) is 1. The summed E-state index contributed by atoms with van der Waals surface area (Å²) in [4.78, 5) is 58.1. The summed E-state index contributed by atoms with van der Waals surface area (Å²) in [5.74, 6) is -11.2. The lowest BCUT2D eigenvalue weighted by molar-refractivity contribution is -0.129. The number of carbonyl (C=O) groups excluding carboxylic acids is 4. The monoisotopic (exact) mass is 784 g/mol. The summed E-state index contributed by atoms with van der Waals surface area (Å²) in [5.41, 5.74) is 0.0506. The highest BCUT2D eigenvalue weighted by Gasteiger charge is 2.43. The first-order chi connectivity index (χ1) is 27.0. The molecule has 4 N–H and O–H groups in total. The van der Waals surface area contributed by atoms with Crippen LogP contribution >= 0.6 is 0 Å². The Kier molecular flexibility index (Phi) is 11.3. The van der Waals surface area contributed by atoms with Gasteiger partial charge < -0.3 is 20.8 Å². The number of hydrogen-bond acceptors (Lipinski definition) is 6. The normalized spacial score (nSPS) is 12.6. The Morgan fingerprint density at radius 1 is 0.649 bits per heavy atom. The molecule has 4 aromatic carbocycles. The van der Waals surface area contributed by atoms with Gasteiger partial charge in [0.05, 0.1) is 22.9 Å². The molecule has 0 radical (unpaired) electrons. The van der Waals surface area contributed by atoms with E-state index >= 15 is 8.78 Å². The fourth-order valence-corrected chi connectivity index (χ4v) is 7.42. The second kappa shape index (κ2) is 16.0. The zero-order valence-electron chi connectivity index (χ0n) is 31.7. The molecule has 0 spiro atoms. The Hall–Kier alpha value is -6.44. The lowest BCUT2D eigenvalue weighted by Crippen LogP contribution is -2.42.